The molecule has 5 heteroatoms. The van der Waals surface area contributed by atoms with Gasteiger partial charge < -0.3 is 15.2 Å². The highest BCUT2D eigenvalue weighted by Crippen LogP contribution is 2.27. The molecule has 0 radical (unpaired) electrons. The van der Waals surface area contributed by atoms with E-state index in [0.717, 1.165) is 11.1 Å². The van der Waals surface area contributed by atoms with E-state index in [2.05, 4.69) is 12.2 Å². The normalized spacial score (nSPS) is 11.8. The molecule has 2 N–H and O–H groups in total. The van der Waals surface area contributed by atoms with Crippen molar-refractivity contribution < 1.29 is 14.6 Å². The van der Waals surface area contributed by atoms with Gasteiger partial charge in [-0.3, -0.25) is 9.69 Å². The molecule has 0 bridgehead atoms. The highest BCUT2D eigenvalue weighted by atomic mass is 16.5. The largest absolute Gasteiger partial charge is 0.508 e. The predicted molar refractivity (Wildman–Crippen MR) is 120 cm³/mol. The van der Waals surface area contributed by atoms with Crippen molar-refractivity contribution in [3.8, 4) is 11.5 Å². The van der Waals surface area contributed by atoms with Gasteiger partial charge in [-0.05, 0) is 37.6 Å². The monoisotopic (exact) mass is 404 g/mol. The van der Waals surface area contributed by atoms with Crippen molar-refractivity contribution in [1.29, 1.82) is 0 Å². The van der Waals surface area contributed by atoms with Crippen molar-refractivity contribution in [1.82, 2.24) is 4.90 Å². The van der Waals surface area contributed by atoms with E-state index >= 15 is 0 Å². The standard InChI is InChI=1S/C25H28N2O3/c1-3-30-24-16-10-8-14-22(24)26-25(29)18-27(17-21-13-7-9-15-23(21)28)19(2)20-11-5-4-6-12-20/h4-16,19,28H,3,17-18H2,1-2H3,(H,26,29)/t19-/m0/s1. The molecule has 0 unspecified atom stereocenters. The Bertz CT molecular complexity index is 959. The van der Waals surface area contributed by atoms with Crippen molar-refractivity contribution in [3.63, 3.8) is 0 Å². The van der Waals surface area contributed by atoms with Crippen LogP contribution in [0.15, 0.2) is 78.9 Å². The molecule has 0 saturated carbocycles. The maximum atomic E-state index is 12.9. The van der Waals surface area contributed by atoms with E-state index in [-0.39, 0.29) is 24.2 Å². The van der Waals surface area contributed by atoms with Crippen LogP contribution in [0.25, 0.3) is 0 Å². The summed E-state index contributed by atoms with van der Waals surface area (Å²) >= 11 is 0. The maximum Gasteiger partial charge on any atom is 0.238 e. The second kappa shape index (κ2) is 10.5. The molecular formula is C25H28N2O3. The average molecular weight is 405 g/mol. The number of anilines is 1. The van der Waals surface area contributed by atoms with Gasteiger partial charge in [-0.25, -0.2) is 0 Å². The zero-order valence-corrected chi connectivity index (χ0v) is 17.4. The zero-order valence-electron chi connectivity index (χ0n) is 17.4. The van der Waals surface area contributed by atoms with Crippen LogP contribution in [0.2, 0.25) is 0 Å². The molecule has 3 rings (SSSR count). The SMILES string of the molecule is CCOc1ccccc1NC(=O)CN(Cc1ccccc1O)[C@@H](C)c1ccccc1. The molecule has 1 amide bonds. The molecule has 0 fully saturated rings. The number of ether oxygens (including phenoxy) is 1. The number of phenols is 1. The van der Waals surface area contributed by atoms with Crippen molar-refractivity contribution in [2.45, 2.75) is 26.4 Å². The number of aromatic hydroxyl groups is 1. The van der Waals surface area contributed by atoms with Gasteiger partial charge in [0.1, 0.15) is 11.5 Å². The average Bonchev–Trinajstić information content (AvgIpc) is 2.76. The Morgan fingerprint density at radius 1 is 1.00 bits per heavy atom. The number of amides is 1. The third-order valence-corrected chi connectivity index (χ3v) is 5.00. The number of hydrogen-bond donors (Lipinski definition) is 2. The zero-order chi connectivity index (χ0) is 21.3. The lowest BCUT2D eigenvalue weighted by atomic mass is 10.1. The summed E-state index contributed by atoms with van der Waals surface area (Å²) in [6.07, 6.45) is 0. The third kappa shape index (κ3) is 5.61. The van der Waals surface area contributed by atoms with Crippen molar-refractivity contribution in [2.75, 3.05) is 18.5 Å². The van der Waals surface area contributed by atoms with E-state index in [1.54, 1.807) is 12.1 Å². The lowest BCUT2D eigenvalue weighted by Crippen LogP contribution is -2.35. The number of nitrogens with zero attached hydrogens (tertiary/aromatic N) is 1. The molecule has 3 aromatic carbocycles. The van der Waals surface area contributed by atoms with Gasteiger partial charge in [0.25, 0.3) is 0 Å². The van der Waals surface area contributed by atoms with Crippen molar-refractivity contribution in [2.24, 2.45) is 0 Å². The minimum atomic E-state index is -0.139. The molecule has 156 valence electrons. The quantitative estimate of drug-likeness (QED) is 0.527. The van der Waals surface area contributed by atoms with Crippen LogP contribution in [0, 0.1) is 0 Å². The predicted octanol–water partition coefficient (Wildman–Crippen LogP) is 4.99. The molecule has 0 aliphatic carbocycles. The first kappa shape index (κ1) is 21.4. The second-order valence-corrected chi connectivity index (χ2v) is 7.10. The van der Waals surface area contributed by atoms with Crippen LogP contribution in [0.3, 0.4) is 0 Å². The lowest BCUT2D eigenvalue weighted by molar-refractivity contribution is -0.118. The van der Waals surface area contributed by atoms with Gasteiger partial charge in [-0.1, -0.05) is 60.7 Å². The fourth-order valence-electron chi connectivity index (χ4n) is 3.36. The van der Waals surface area contributed by atoms with Crippen LogP contribution in [-0.4, -0.2) is 29.1 Å². The van der Waals surface area contributed by atoms with E-state index < -0.39 is 0 Å². The second-order valence-electron chi connectivity index (χ2n) is 7.10. The molecule has 0 aliphatic heterocycles. The Balaban J connectivity index is 1.79. The number of carbonyl (C=O) groups excluding carboxylic acids is 1. The molecular weight excluding hydrogens is 376 g/mol. The van der Waals surface area contributed by atoms with E-state index in [9.17, 15) is 9.90 Å². The van der Waals surface area contributed by atoms with Crippen LogP contribution in [0.4, 0.5) is 5.69 Å². The van der Waals surface area contributed by atoms with Crippen molar-refractivity contribution >= 4 is 11.6 Å². The topological polar surface area (TPSA) is 61.8 Å². The summed E-state index contributed by atoms with van der Waals surface area (Å²) in [6.45, 7) is 5.12. The van der Waals surface area contributed by atoms with Gasteiger partial charge in [-0.2, -0.15) is 0 Å². The molecule has 1 atom stereocenters. The van der Waals surface area contributed by atoms with E-state index in [1.165, 1.54) is 0 Å². The summed E-state index contributed by atoms with van der Waals surface area (Å²) in [7, 11) is 0. The van der Waals surface area contributed by atoms with Gasteiger partial charge in [0.05, 0.1) is 18.8 Å². The minimum absolute atomic E-state index is 0.0151. The van der Waals surface area contributed by atoms with Crippen LogP contribution < -0.4 is 10.1 Å². The highest BCUT2D eigenvalue weighted by Gasteiger charge is 2.21. The molecule has 0 saturated heterocycles. The van der Waals surface area contributed by atoms with E-state index in [1.807, 2.05) is 78.6 Å². The first-order chi connectivity index (χ1) is 14.6. The van der Waals surface area contributed by atoms with Crippen molar-refractivity contribution in [3.05, 3.63) is 90.0 Å². The van der Waals surface area contributed by atoms with Gasteiger partial charge in [-0.15, -0.1) is 0 Å². The summed E-state index contributed by atoms with van der Waals surface area (Å²) < 4.78 is 5.61. The number of hydrogen-bond acceptors (Lipinski definition) is 4. The maximum absolute atomic E-state index is 12.9. The summed E-state index contributed by atoms with van der Waals surface area (Å²) in [4.78, 5) is 15.0. The Labute approximate surface area is 177 Å². The summed E-state index contributed by atoms with van der Waals surface area (Å²) in [6, 6.07) is 24.7. The van der Waals surface area contributed by atoms with Crippen LogP contribution in [0.5, 0.6) is 11.5 Å². The molecule has 0 aliphatic rings. The van der Waals surface area contributed by atoms with Crippen LogP contribution in [0.1, 0.15) is 31.0 Å². The highest BCUT2D eigenvalue weighted by molar-refractivity contribution is 5.93. The van der Waals surface area contributed by atoms with Gasteiger partial charge in [0.15, 0.2) is 0 Å². The summed E-state index contributed by atoms with van der Waals surface area (Å²) in [5, 5.41) is 13.2. The lowest BCUT2D eigenvalue weighted by Gasteiger charge is -2.29. The fourth-order valence-corrected chi connectivity index (χ4v) is 3.36. The Kier molecular flexibility index (Phi) is 7.46. The van der Waals surface area contributed by atoms with Crippen LogP contribution in [-0.2, 0) is 11.3 Å². The number of para-hydroxylation sites is 3. The van der Waals surface area contributed by atoms with Gasteiger partial charge in [0, 0.05) is 18.2 Å². The molecule has 0 heterocycles. The first-order valence-electron chi connectivity index (χ1n) is 10.2. The summed E-state index contributed by atoms with van der Waals surface area (Å²) in [5.74, 6) is 0.738. The van der Waals surface area contributed by atoms with Gasteiger partial charge >= 0.3 is 0 Å². The molecule has 5 nitrogen and oxygen atoms in total. The van der Waals surface area contributed by atoms with E-state index in [0.29, 0.717) is 24.6 Å². The Hall–Kier alpha value is -3.31. The minimum Gasteiger partial charge on any atom is -0.508 e. The smallest absolute Gasteiger partial charge is 0.238 e. The number of carbonyl (C=O) groups is 1. The first-order valence-corrected chi connectivity index (χ1v) is 10.2. The van der Waals surface area contributed by atoms with Crippen LogP contribution >= 0.6 is 0 Å². The summed E-state index contributed by atoms with van der Waals surface area (Å²) in [5.41, 5.74) is 2.54. The Morgan fingerprint density at radius 2 is 1.67 bits per heavy atom. The number of benzene rings is 3. The molecule has 3 aromatic rings. The third-order valence-electron chi connectivity index (χ3n) is 5.00. The van der Waals surface area contributed by atoms with Gasteiger partial charge in [0.2, 0.25) is 5.91 Å². The molecule has 0 spiro atoms. The molecule has 0 aromatic heterocycles. The van der Waals surface area contributed by atoms with E-state index in [4.69, 9.17) is 4.74 Å². The number of phenolic OH excluding ortho intramolecular Hbond substituents is 1. The fraction of sp³-hybridized carbons (Fsp3) is 0.240. The molecule has 30 heavy (non-hydrogen) atoms. The Morgan fingerprint density at radius 3 is 2.40 bits per heavy atom. The number of nitrogens with one attached hydrogen (secondary N) is 1. The number of rotatable bonds is 9.